The number of amides is 1. The topological polar surface area (TPSA) is 68.3 Å². The number of nitrogens with zero attached hydrogens (tertiary/aromatic N) is 2. The van der Waals surface area contributed by atoms with Gasteiger partial charge >= 0.3 is 12.1 Å². The van der Waals surface area contributed by atoms with Gasteiger partial charge in [0.25, 0.3) is 0 Å². The van der Waals surface area contributed by atoms with E-state index in [0.717, 1.165) is 43.5 Å². The molecule has 0 aliphatic heterocycles. The fraction of sp³-hybridized carbons (Fsp3) is 0.667. The van der Waals surface area contributed by atoms with Crippen molar-refractivity contribution in [3.8, 4) is 5.75 Å². The van der Waals surface area contributed by atoms with E-state index in [1.165, 1.54) is 7.11 Å². The summed E-state index contributed by atoms with van der Waals surface area (Å²) in [6.45, 7) is 10.5. The maximum atomic E-state index is 12.4. The highest BCUT2D eigenvalue weighted by atomic mass is 16.6. The van der Waals surface area contributed by atoms with Crippen molar-refractivity contribution in [2.24, 2.45) is 0 Å². The Morgan fingerprint density at radius 3 is 2.13 bits per heavy atom. The van der Waals surface area contributed by atoms with Gasteiger partial charge in [0.05, 0.1) is 19.8 Å². The van der Waals surface area contributed by atoms with Crippen molar-refractivity contribution in [1.82, 2.24) is 4.90 Å². The molecule has 1 saturated carbocycles. The van der Waals surface area contributed by atoms with Crippen LogP contribution in [0.2, 0.25) is 0 Å². The van der Waals surface area contributed by atoms with Gasteiger partial charge in [-0.2, -0.15) is 0 Å². The minimum Gasteiger partial charge on any atom is -0.497 e. The molecule has 1 aliphatic rings. The molecule has 1 aromatic carbocycles. The molecule has 0 aromatic heterocycles. The molecule has 7 heteroatoms. The van der Waals surface area contributed by atoms with Crippen molar-refractivity contribution < 1.29 is 23.8 Å². The number of benzene rings is 1. The van der Waals surface area contributed by atoms with Gasteiger partial charge in [0, 0.05) is 37.4 Å². The van der Waals surface area contributed by atoms with E-state index in [4.69, 9.17) is 14.2 Å². The van der Waals surface area contributed by atoms with E-state index >= 15 is 0 Å². The fourth-order valence-corrected chi connectivity index (χ4v) is 4.28. The van der Waals surface area contributed by atoms with E-state index < -0.39 is 5.60 Å². The van der Waals surface area contributed by atoms with Gasteiger partial charge in [-0.25, -0.2) is 9.59 Å². The molecule has 0 N–H and O–H groups in total. The molecule has 0 saturated heterocycles. The first-order chi connectivity index (χ1) is 14.5. The monoisotopic (exact) mass is 434 g/mol. The van der Waals surface area contributed by atoms with Gasteiger partial charge in [0.2, 0.25) is 0 Å². The number of anilines is 1. The first-order valence-electron chi connectivity index (χ1n) is 11.0. The standard InChI is InChI=1S/C24H38N2O5/c1-9-26(21-15-19(29-7)14-20(16(21)2)22(27)30-8)18-12-10-17(11-13-18)25(6)23(28)31-24(3,4)5/h14-15,17-18H,9-13H2,1-8H3/t17-,18-. The van der Waals surface area contributed by atoms with Crippen molar-refractivity contribution in [2.45, 2.75) is 78.0 Å². The van der Waals surface area contributed by atoms with Gasteiger partial charge in [-0.1, -0.05) is 0 Å². The minimum absolute atomic E-state index is 0.168. The van der Waals surface area contributed by atoms with Crippen molar-refractivity contribution in [1.29, 1.82) is 0 Å². The average molecular weight is 435 g/mol. The molecular formula is C24H38N2O5. The second-order valence-electron chi connectivity index (χ2n) is 9.15. The molecule has 1 aromatic rings. The van der Waals surface area contributed by atoms with E-state index in [1.807, 2.05) is 40.8 Å². The molecule has 0 heterocycles. The van der Waals surface area contributed by atoms with Crippen LogP contribution in [0.5, 0.6) is 5.75 Å². The highest BCUT2D eigenvalue weighted by Crippen LogP contribution is 2.35. The largest absolute Gasteiger partial charge is 0.497 e. The number of hydrogen-bond donors (Lipinski definition) is 0. The third-order valence-corrected chi connectivity index (χ3v) is 5.98. The number of carbonyl (C=O) groups is 2. The smallest absolute Gasteiger partial charge is 0.410 e. The number of ether oxygens (including phenoxy) is 3. The minimum atomic E-state index is -0.497. The predicted octanol–water partition coefficient (Wildman–Crippen LogP) is 4.79. The molecule has 0 atom stereocenters. The first kappa shape index (κ1) is 24.8. The number of rotatable bonds is 6. The fourth-order valence-electron chi connectivity index (χ4n) is 4.28. The average Bonchev–Trinajstić information content (AvgIpc) is 2.73. The van der Waals surface area contributed by atoms with Crippen LogP contribution in [-0.2, 0) is 9.47 Å². The van der Waals surface area contributed by atoms with Gasteiger partial charge < -0.3 is 24.0 Å². The second kappa shape index (κ2) is 10.2. The maximum absolute atomic E-state index is 12.4. The van der Waals surface area contributed by atoms with Crippen LogP contribution >= 0.6 is 0 Å². The predicted molar refractivity (Wildman–Crippen MR) is 122 cm³/mol. The van der Waals surface area contributed by atoms with Crippen LogP contribution in [0.4, 0.5) is 10.5 Å². The summed E-state index contributed by atoms with van der Waals surface area (Å²) < 4.78 is 15.9. The summed E-state index contributed by atoms with van der Waals surface area (Å²) >= 11 is 0. The Hall–Kier alpha value is -2.44. The molecule has 0 bridgehead atoms. The number of carbonyl (C=O) groups excluding carboxylic acids is 2. The first-order valence-corrected chi connectivity index (χ1v) is 11.0. The molecular weight excluding hydrogens is 396 g/mol. The van der Waals surface area contributed by atoms with Gasteiger partial charge in [0.15, 0.2) is 0 Å². The third kappa shape index (κ3) is 6.05. The Morgan fingerprint density at radius 2 is 1.65 bits per heavy atom. The Bertz CT molecular complexity index is 779. The maximum Gasteiger partial charge on any atom is 0.410 e. The summed E-state index contributed by atoms with van der Waals surface area (Å²) in [6, 6.07) is 4.21. The van der Waals surface area contributed by atoms with Crippen molar-refractivity contribution >= 4 is 17.7 Å². The van der Waals surface area contributed by atoms with Crippen LogP contribution in [0, 0.1) is 6.92 Å². The van der Waals surface area contributed by atoms with E-state index in [-0.39, 0.29) is 18.1 Å². The van der Waals surface area contributed by atoms with E-state index in [0.29, 0.717) is 17.4 Å². The van der Waals surface area contributed by atoms with E-state index in [1.54, 1.807) is 18.1 Å². The van der Waals surface area contributed by atoms with Crippen LogP contribution in [0.25, 0.3) is 0 Å². The van der Waals surface area contributed by atoms with Crippen LogP contribution < -0.4 is 9.64 Å². The summed E-state index contributed by atoms with van der Waals surface area (Å²) in [4.78, 5) is 28.8. The van der Waals surface area contributed by atoms with Gasteiger partial charge in [0.1, 0.15) is 11.4 Å². The molecule has 1 amide bonds. The van der Waals surface area contributed by atoms with Crippen molar-refractivity contribution in [3.63, 3.8) is 0 Å². The SMILES string of the molecule is CCN(c1cc(OC)cc(C(=O)OC)c1C)[C@H]1CC[C@H](N(C)C(=O)OC(C)(C)C)CC1. The second-order valence-corrected chi connectivity index (χ2v) is 9.15. The van der Waals surface area contributed by atoms with E-state index in [2.05, 4.69) is 11.8 Å². The molecule has 1 fully saturated rings. The zero-order valence-electron chi connectivity index (χ0n) is 20.3. The van der Waals surface area contributed by atoms with Crippen LogP contribution in [0.3, 0.4) is 0 Å². The Labute approximate surface area is 186 Å². The molecule has 31 heavy (non-hydrogen) atoms. The van der Waals surface area contributed by atoms with Crippen molar-refractivity contribution in [2.75, 3.05) is 32.7 Å². The quantitative estimate of drug-likeness (QED) is 0.600. The van der Waals surface area contributed by atoms with E-state index in [9.17, 15) is 9.59 Å². The number of hydrogen-bond acceptors (Lipinski definition) is 6. The molecule has 1 aliphatic carbocycles. The van der Waals surface area contributed by atoms with Gasteiger partial charge in [-0.3, -0.25) is 0 Å². The highest BCUT2D eigenvalue weighted by Gasteiger charge is 2.32. The lowest BCUT2D eigenvalue weighted by molar-refractivity contribution is 0.0183. The number of esters is 1. The lowest BCUT2D eigenvalue weighted by Gasteiger charge is -2.41. The summed E-state index contributed by atoms with van der Waals surface area (Å²) in [5.41, 5.74) is 1.91. The molecule has 2 rings (SSSR count). The normalized spacial score (nSPS) is 18.8. The molecule has 0 radical (unpaired) electrons. The zero-order chi connectivity index (χ0) is 23.3. The summed E-state index contributed by atoms with van der Waals surface area (Å²) in [5.74, 6) is 0.272. The van der Waals surface area contributed by atoms with Crippen LogP contribution in [0.1, 0.15) is 69.3 Å². The molecule has 0 unspecified atom stereocenters. The number of methoxy groups -OCH3 is 2. The Morgan fingerprint density at radius 1 is 1.06 bits per heavy atom. The Balaban J connectivity index is 2.17. The molecule has 0 spiro atoms. The summed E-state index contributed by atoms with van der Waals surface area (Å²) in [5, 5.41) is 0. The van der Waals surface area contributed by atoms with Crippen LogP contribution in [-0.4, -0.2) is 62.5 Å². The summed E-state index contributed by atoms with van der Waals surface area (Å²) in [6.07, 6.45) is 3.45. The highest BCUT2D eigenvalue weighted by molar-refractivity contribution is 5.93. The molecule has 7 nitrogen and oxygen atoms in total. The van der Waals surface area contributed by atoms with Crippen LogP contribution in [0.15, 0.2) is 12.1 Å². The van der Waals surface area contributed by atoms with Crippen molar-refractivity contribution in [3.05, 3.63) is 23.3 Å². The Kier molecular flexibility index (Phi) is 8.21. The van der Waals surface area contributed by atoms with Gasteiger partial charge in [-0.15, -0.1) is 0 Å². The van der Waals surface area contributed by atoms with Gasteiger partial charge in [-0.05, 0) is 71.9 Å². The third-order valence-electron chi connectivity index (χ3n) is 5.98. The lowest BCUT2D eigenvalue weighted by atomic mass is 9.88. The zero-order valence-corrected chi connectivity index (χ0v) is 20.3. The lowest BCUT2D eigenvalue weighted by Crippen LogP contribution is -2.46. The molecule has 174 valence electrons. The summed E-state index contributed by atoms with van der Waals surface area (Å²) in [7, 11) is 4.82.